The van der Waals surface area contributed by atoms with Crippen molar-refractivity contribution in [2.45, 2.75) is 20.0 Å². The van der Waals surface area contributed by atoms with E-state index in [9.17, 15) is 4.79 Å². The number of amides is 1. The van der Waals surface area contributed by atoms with E-state index >= 15 is 0 Å². The number of aryl methyl sites for hydroxylation is 1. The Morgan fingerprint density at radius 1 is 1.00 bits per heavy atom. The van der Waals surface area contributed by atoms with Crippen molar-refractivity contribution in [3.63, 3.8) is 0 Å². The number of carbonyl (C=O) groups excluding carboxylic acids is 1. The molecule has 2 heterocycles. The van der Waals surface area contributed by atoms with Crippen LogP contribution in [-0.2, 0) is 13.1 Å². The number of rotatable bonds is 6. The summed E-state index contributed by atoms with van der Waals surface area (Å²) >= 11 is 0. The third-order valence-electron chi connectivity index (χ3n) is 4.49. The molecule has 4 aromatic rings. The number of hydrogen-bond donors (Lipinski definition) is 1. The number of benzene rings is 2. The van der Waals surface area contributed by atoms with Crippen LogP contribution in [0, 0.1) is 0 Å². The molecule has 0 radical (unpaired) electrons. The van der Waals surface area contributed by atoms with E-state index in [1.807, 2.05) is 78.5 Å². The van der Waals surface area contributed by atoms with Crippen molar-refractivity contribution in [3.05, 3.63) is 90.4 Å². The SMILES string of the molecule is CCn1cc(CNC(=O)c2cn(-c3ccccc3)nc2-c2ccccc2)cn1. The van der Waals surface area contributed by atoms with Gasteiger partial charge in [-0.25, -0.2) is 4.68 Å². The number of aromatic nitrogens is 4. The zero-order chi connectivity index (χ0) is 19.3. The van der Waals surface area contributed by atoms with Crippen molar-refractivity contribution in [2.24, 2.45) is 0 Å². The monoisotopic (exact) mass is 371 g/mol. The summed E-state index contributed by atoms with van der Waals surface area (Å²) in [4.78, 5) is 12.9. The van der Waals surface area contributed by atoms with Gasteiger partial charge in [0.25, 0.3) is 5.91 Å². The minimum Gasteiger partial charge on any atom is -0.348 e. The van der Waals surface area contributed by atoms with Crippen molar-refractivity contribution >= 4 is 5.91 Å². The van der Waals surface area contributed by atoms with Gasteiger partial charge < -0.3 is 5.32 Å². The summed E-state index contributed by atoms with van der Waals surface area (Å²) < 4.78 is 3.58. The van der Waals surface area contributed by atoms with Crippen molar-refractivity contribution in [2.75, 3.05) is 0 Å². The van der Waals surface area contributed by atoms with Gasteiger partial charge in [0.15, 0.2) is 0 Å². The molecule has 0 aliphatic heterocycles. The second kappa shape index (κ2) is 7.92. The van der Waals surface area contributed by atoms with E-state index in [-0.39, 0.29) is 5.91 Å². The maximum atomic E-state index is 12.9. The predicted molar refractivity (Wildman–Crippen MR) is 108 cm³/mol. The van der Waals surface area contributed by atoms with Crippen LogP contribution in [0.3, 0.4) is 0 Å². The summed E-state index contributed by atoms with van der Waals surface area (Å²) in [5.74, 6) is -0.162. The fourth-order valence-electron chi connectivity index (χ4n) is 3.01. The summed E-state index contributed by atoms with van der Waals surface area (Å²) in [5, 5.41) is 11.9. The van der Waals surface area contributed by atoms with E-state index in [1.165, 1.54) is 0 Å². The van der Waals surface area contributed by atoms with Crippen LogP contribution >= 0.6 is 0 Å². The minimum absolute atomic E-state index is 0.162. The average molecular weight is 371 g/mol. The molecule has 0 aliphatic carbocycles. The first-order valence-corrected chi connectivity index (χ1v) is 9.24. The summed E-state index contributed by atoms with van der Waals surface area (Å²) in [6, 6.07) is 19.5. The first kappa shape index (κ1) is 17.7. The Kier molecular flexibility index (Phi) is 5.01. The number of nitrogens with one attached hydrogen (secondary N) is 1. The molecule has 0 saturated carbocycles. The lowest BCUT2D eigenvalue weighted by molar-refractivity contribution is 0.0951. The smallest absolute Gasteiger partial charge is 0.255 e. The number of carbonyl (C=O) groups is 1. The van der Waals surface area contributed by atoms with Crippen LogP contribution in [0.15, 0.2) is 79.3 Å². The third kappa shape index (κ3) is 3.71. The van der Waals surface area contributed by atoms with Crippen LogP contribution in [0.5, 0.6) is 0 Å². The molecule has 0 unspecified atom stereocenters. The molecule has 2 aromatic heterocycles. The van der Waals surface area contributed by atoms with Gasteiger partial charge in [-0.2, -0.15) is 10.2 Å². The Hall–Kier alpha value is -3.67. The second-order valence-corrected chi connectivity index (χ2v) is 6.42. The fourth-order valence-corrected chi connectivity index (χ4v) is 3.01. The van der Waals surface area contributed by atoms with Gasteiger partial charge in [-0.1, -0.05) is 48.5 Å². The van der Waals surface area contributed by atoms with Crippen LogP contribution < -0.4 is 5.32 Å². The van der Waals surface area contributed by atoms with Gasteiger partial charge >= 0.3 is 0 Å². The van der Waals surface area contributed by atoms with Crippen molar-refractivity contribution < 1.29 is 4.79 Å². The lowest BCUT2D eigenvalue weighted by Crippen LogP contribution is -2.22. The van der Waals surface area contributed by atoms with Crippen molar-refractivity contribution in [1.29, 1.82) is 0 Å². The van der Waals surface area contributed by atoms with Crippen LogP contribution in [-0.4, -0.2) is 25.5 Å². The Labute approximate surface area is 163 Å². The van der Waals surface area contributed by atoms with E-state index in [2.05, 4.69) is 15.5 Å². The second-order valence-electron chi connectivity index (χ2n) is 6.42. The highest BCUT2D eigenvalue weighted by Gasteiger charge is 2.18. The normalized spacial score (nSPS) is 10.8. The zero-order valence-electron chi connectivity index (χ0n) is 15.6. The van der Waals surface area contributed by atoms with E-state index in [0.717, 1.165) is 23.4 Å². The van der Waals surface area contributed by atoms with E-state index in [0.29, 0.717) is 17.8 Å². The summed E-state index contributed by atoms with van der Waals surface area (Å²) in [6.07, 6.45) is 5.49. The molecule has 28 heavy (non-hydrogen) atoms. The first-order valence-electron chi connectivity index (χ1n) is 9.24. The van der Waals surface area contributed by atoms with Gasteiger partial charge in [-0.3, -0.25) is 9.48 Å². The molecule has 0 bridgehead atoms. The third-order valence-corrected chi connectivity index (χ3v) is 4.49. The molecule has 6 nitrogen and oxygen atoms in total. The topological polar surface area (TPSA) is 64.7 Å². The van der Waals surface area contributed by atoms with E-state index in [1.54, 1.807) is 17.1 Å². The standard InChI is InChI=1S/C22H21N5O/c1-2-26-15-17(14-24-26)13-23-22(28)20-16-27(19-11-7-4-8-12-19)25-21(20)18-9-5-3-6-10-18/h3-12,14-16H,2,13H2,1H3,(H,23,28). The zero-order valence-corrected chi connectivity index (χ0v) is 15.6. The molecule has 1 N–H and O–H groups in total. The highest BCUT2D eigenvalue weighted by atomic mass is 16.1. The van der Waals surface area contributed by atoms with Crippen LogP contribution in [0.2, 0.25) is 0 Å². The van der Waals surface area contributed by atoms with Crippen molar-refractivity contribution in [1.82, 2.24) is 24.9 Å². The number of nitrogens with zero attached hydrogens (tertiary/aromatic N) is 4. The van der Waals surface area contributed by atoms with E-state index in [4.69, 9.17) is 0 Å². The maximum Gasteiger partial charge on any atom is 0.255 e. The number of para-hydroxylation sites is 1. The molecule has 4 rings (SSSR count). The van der Waals surface area contributed by atoms with Crippen LogP contribution in [0.4, 0.5) is 0 Å². The highest BCUT2D eigenvalue weighted by Crippen LogP contribution is 2.23. The predicted octanol–water partition coefficient (Wildman–Crippen LogP) is 3.69. The molecule has 0 fully saturated rings. The molecule has 0 spiro atoms. The first-order chi connectivity index (χ1) is 13.7. The van der Waals surface area contributed by atoms with Gasteiger partial charge in [-0.05, 0) is 19.1 Å². The Morgan fingerprint density at radius 2 is 1.71 bits per heavy atom. The largest absolute Gasteiger partial charge is 0.348 e. The Bertz CT molecular complexity index is 1070. The van der Waals surface area contributed by atoms with Crippen LogP contribution in [0.1, 0.15) is 22.8 Å². The summed E-state index contributed by atoms with van der Waals surface area (Å²) in [6.45, 7) is 3.25. The molecule has 140 valence electrons. The minimum atomic E-state index is -0.162. The quantitative estimate of drug-likeness (QED) is 0.562. The molecular formula is C22H21N5O. The average Bonchev–Trinajstić information content (AvgIpc) is 3.40. The molecule has 2 aromatic carbocycles. The number of hydrogen-bond acceptors (Lipinski definition) is 3. The summed E-state index contributed by atoms with van der Waals surface area (Å²) in [5.41, 5.74) is 3.97. The Morgan fingerprint density at radius 3 is 2.39 bits per heavy atom. The molecule has 0 aliphatic rings. The molecular weight excluding hydrogens is 350 g/mol. The molecule has 0 saturated heterocycles. The summed E-state index contributed by atoms with van der Waals surface area (Å²) in [7, 11) is 0. The molecule has 0 atom stereocenters. The fraction of sp³-hybridized carbons (Fsp3) is 0.136. The van der Waals surface area contributed by atoms with Crippen LogP contribution in [0.25, 0.3) is 16.9 Å². The van der Waals surface area contributed by atoms with Gasteiger partial charge in [0.2, 0.25) is 0 Å². The lowest BCUT2D eigenvalue weighted by Gasteiger charge is -2.04. The molecule has 1 amide bonds. The Balaban J connectivity index is 1.64. The van der Waals surface area contributed by atoms with Gasteiger partial charge in [0, 0.05) is 36.6 Å². The van der Waals surface area contributed by atoms with Crippen molar-refractivity contribution in [3.8, 4) is 16.9 Å². The molecule has 6 heteroatoms. The highest BCUT2D eigenvalue weighted by molar-refractivity contribution is 5.99. The van der Waals surface area contributed by atoms with Gasteiger partial charge in [-0.15, -0.1) is 0 Å². The maximum absolute atomic E-state index is 12.9. The van der Waals surface area contributed by atoms with Gasteiger partial charge in [0.1, 0.15) is 5.69 Å². The van der Waals surface area contributed by atoms with Gasteiger partial charge in [0.05, 0.1) is 17.4 Å². The van der Waals surface area contributed by atoms with E-state index < -0.39 is 0 Å². The lowest BCUT2D eigenvalue weighted by atomic mass is 10.1.